The van der Waals surface area contributed by atoms with Crippen molar-refractivity contribution in [3.05, 3.63) is 29.3 Å². The van der Waals surface area contributed by atoms with Crippen molar-refractivity contribution in [3.63, 3.8) is 0 Å². The third kappa shape index (κ3) is 2.42. The highest BCUT2D eigenvalue weighted by molar-refractivity contribution is 7.89. The zero-order valence-electron chi connectivity index (χ0n) is 8.94. The number of aromatic carboxylic acids is 1. The zero-order valence-corrected chi connectivity index (χ0v) is 9.75. The molecule has 0 bridgehead atoms. The monoisotopic (exact) mass is 265 g/mol. The molecule has 0 unspecified atom stereocenters. The number of hydrogen-bond donors (Lipinski definition) is 1. The number of benzene rings is 1. The standard InChI is InChI=1S/C9H9F2NO4S/c1-12(2)17(15,16)7-4-5(9(13)14)3-6(10)8(7)11/h3-4H,1-2H3,(H,13,14). The molecule has 0 radical (unpaired) electrons. The maximum Gasteiger partial charge on any atom is 0.335 e. The van der Waals surface area contributed by atoms with Crippen LogP contribution < -0.4 is 0 Å². The fraction of sp³-hybridized carbons (Fsp3) is 0.222. The van der Waals surface area contributed by atoms with E-state index in [-0.39, 0.29) is 0 Å². The Kier molecular flexibility index (Phi) is 3.48. The number of nitrogens with zero attached hydrogens (tertiary/aromatic N) is 1. The van der Waals surface area contributed by atoms with Crippen LogP contribution in [0.15, 0.2) is 17.0 Å². The van der Waals surface area contributed by atoms with Crippen LogP contribution in [0, 0.1) is 11.6 Å². The molecule has 1 rings (SSSR count). The smallest absolute Gasteiger partial charge is 0.335 e. The number of sulfonamides is 1. The lowest BCUT2D eigenvalue weighted by Crippen LogP contribution is -2.24. The number of halogens is 2. The summed E-state index contributed by atoms with van der Waals surface area (Å²) in [7, 11) is -1.98. The van der Waals surface area contributed by atoms with E-state index in [2.05, 4.69) is 0 Å². The predicted octanol–water partition coefficient (Wildman–Crippen LogP) is 0.913. The molecule has 1 N–H and O–H groups in total. The molecule has 8 heteroatoms. The van der Waals surface area contributed by atoms with Gasteiger partial charge in [-0.2, -0.15) is 0 Å². The highest BCUT2D eigenvalue weighted by Gasteiger charge is 2.26. The summed E-state index contributed by atoms with van der Waals surface area (Å²) in [6.45, 7) is 0. The highest BCUT2D eigenvalue weighted by Crippen LogP contribution is 2.22. The molecule has 0 spiro atoms. The lowest BCUT2D eigenvalue weighted by molar-refractivity contribution is 0.0696. The van der Waals surface area contributed by atoms with Crippen LogP contribution >= 0.6 is 0 Å². The molecule has 1 aromatic carbocycles. The molecule has 0 aliphatic carbocycles. The van der Waals surface area contributed by atoms with E-state index in [1.807, 2.05) is 0 Å². The molecule has 5 nitrogen and oxygen atoms in total. The number of carboxylic acids is 1. The molecule has 0 aliphatic heterocycles. The molecule has 0 aromatic heterocycles. The molecule has 0 amide bonds. The molecule has 0 aliphatic rings. The molecule has 1 aromatic rings. The van der Waals surface area contributed by atoms with Gasteiger partial charge in [0.2, 0.25) is 10.0 Å². The summed E-state index contributed by atoms with van der Waals surface area (Å²) in [4.78, 5) is 9.62. The van der Waals surface area contributed by atoms with Gasteiger partial charge in [0, 0.05) is 14.1 Å². The summed E-state index contributed by atoms with van der Waals surface area (Å²) in [5, 5.41) is 8.63. The quantitative estimate of drug-likeness (QED) is 0.881. The Bertz CT molecular complexity index is 569. The van der Waals surface area contributed by atoms with Gasteiger partial charge in [0.25, 0.3) is 0 Å². The van der Waals surface area contributed by atoms with Crippen molar-refractivity contribution in [2.45, 2.75) is 4.90 Å². The Morgan fingerprint density at radius 2 is 1.82 bits per heavy atom. The molecule has 0 atom stereocenters. The van der Waals surface area contributed by atoms with E-state index in [0.717, 1.165) is 14.1 Å². The van der Waals surface area contributed by atoms with Gasteiger partial charge >= 0.3 is 5.97 Å². The van der Waals surface area contributed by atoms with Gasteiger partial charge in [0.1, 0.15) is 4.90 Å². The molecule has 94 valence electrons. The Morgan fingerprint density at radius 3 is 2.24 bits per heavy atom. The van der Waals surface area contributed by atoms with Gasteiger partial charge in [0.15, 0.2) is 11.6 Å². The van der Waals surface area contributed by atoms with Gasteiger partial charge in [0.05, 0.1) is 5.56 Å². The van der Waals surface area contributed by atoms with Crippen molar-refractivity contribution >= 4 is 16.0 Å². The minimum Gasteiger partial charge on any atom is -0.478 e. The molecule has 0 fully saturated rings. The predicted molar refractivity (Wildman–Crippen MR) is 54.2 cm³/mol. The van der Waals surface area contributed by atoms with Crippen molar-refractivity contribution in [1.29, 1.82) is 0 Å². The van der Waals surface area contributed by atoms with Crippen molar-refractivity contribution in [1.82, 2.24) is 4.31 Å². The fourth-order valence-electron chi connectivity index (χ4n) is 1.07. The Hall–Kier alpha value is -1.54. The summed E-state index contributed by atoms with van der Waals surface area (Å²) in [5.74, 6) is -4.66. The van der Waals surface area contributed by atoms with Gasteiger partial charge in [-0.15, -0.1) is 0 Å². The average Bonchev–Trinajstić information content (AvgIpc) is 2.20. The minimum absolute atomic E-state index is 0.423. The van der Waals surface area contributed by atoms with Gasteiger partial charge in [-0.25, -0.2) is 26.3 Å². The van der Waals surface area contributed by atoms with E-state index < -0.39 is 38.1 Å². The number of carbonyl (C=O) groups is 1. The fourth-order valence-corrected chi connectivity index (χ4v) is 2.06. The maximum atomic E-state index is 13.3. The first-order valence-corrected chi connectivity index (χ1v) is 5.76. The average molecular weight is 265 g/mol. The second kappa shape index (κ2) is 4.38. The summed E-state index contributed by atoms with van der Waals surface area (Å²) >= 11 is 0. The van der Waals surface area contributed by atoms with Gasteiger partial charge < -0.3 is 5.11 Å². The molecule has 17 heavy (non-hydrogen) atoms. The largest absolute Gasteiger partial charge is 0.478 e. The van der Waals surface area contributed by atoms with Gasteiger partial charge in [-0.3, -0.25) is 0 Å². The number of carboxylic acid groups (broad SMARTS) is 1. The topological polar surface area (TPSA) is 74.7 Å². The van der Waals surface area contributed by atoms with Crippen molar-refractivity contribution in [3.8, 4) is 0 Å². The number of rotatable bonds is 3. The van der Waals surface area contributed by atoms with E-state index in [0.29, 0.717) is 16.4 Å². The molecule has 0 heterocycles. The van der Waals surface area contributed by atoms with E-state index in [1.54, 1.807) is 0 Å². The lowest BCUT2D eigenvalue weighted by atomic mass is 10.2. The van der Waals surface area contributed by atoms with Crippen LogP contribution in [-0.4, -0.2) is 37.9 Å². The van der Waals surface area contributed by atoms with Crippen LogP contribution in [0.5, 0.6) is 0 Å². The lowest BCUT2D eigenvalue weighted by Gasteiger charge is -2.12. The van der Waals surface area contributed by atoms with Gasteiger partial charge in [-0.1, -0.05) is 0 Å². The van der Waals surface area contributed by atoms with E-state index in [9.17, 15) is 22.0 Å². The summed E-state index contributed by atoms with van der Waals surface area (Å²) in [5.41, 5.74) is -0.635. The second-order valence-corrected chi connectivity index (χ2v) is 5.48. The molecular weight excluding hydrogens is 256 g/mol. The third-order valence-electron chi connectivity index (χ3n) is 2.00. The van der Waals surface area contributed by atoms with Crippen LogP contribution in [0.1, 0.15) is 10.4 Å². The van der Waals surface area contributed by atoms with Crippen molar-refractivity contribution in [2.75, 3.05) is 14.1 Å². The minimum atomic E-state index is -4.23. The third-order valence-corrected chi connectivity index (χ3v) is 3.81. The number of hydrogen-bond acceptors (Lipinski definition) is 3. The van der Waals surface area contributed by atoms with Crippen LogP contribution in [0.4, 0.5) is 8.78 Å². The zero-order chi connectivity index (χ0) is 13.4. The first kappa shape index (κ1) is 13.5. The van der Waals surface area contributed by atoms with E-state index in [4.69, 9.17) is 5.11 Å². The summed E-state index contributed by atoms with van der Waals surface area (Å²) in [6, 6.07) is 1.00. The Balaban J connectivity index is 3.60. The summed E-state index contributed by atoms with van der Waals surface area (Å²) in [6.07, 6.45) is 0. The van der Waals surface area contributed by atoms with Crippen molar-refractivity contribution in [2.24, 2.45) is 0 Å². The van der Waals surface area contributed by atoms with Gasteiger partial charge in [-0.05, 0) is 12.1 Å². The van der Waals surface area contributed by atoms with Crippen LogP contribution in [0.2, 0.25) is 0 Å². The molecular formula is C9H9F2NO4S. The molecule has 0 saturated heterocycles. The van der Waals surface area contributed by atoms with Crippen LogP contribution in [0.3, 0.4) is 0 Å². The van der Waals surface area contributed by atoms with E-state index in [1.165, 1.54) is 0 Å². The first-order chi connectivity index (χ1) is 7.67. The Morgan fingerprint density at radius 1 is 1.29 bits per heavy atom. The van der Waals surface area contributed by atoms with E-state index >= 15 is 0 Å². The first-order valence-electron chi connectivity index (χ1n) is 4.32. The Labute approximate surface area is 96.3 Å². The van der Waals surface area contributed by atoms with Crippen molar-refractivity contribution < 1.29 is 27.1 Å². The second-order valence-electron chi connectivity index (χ2n) is 3.36. The van der Waals surface area contributed by atoms with Crippen LogP contribution in [0.25, 0.3) is 0 Å². The van der Waals surface area contributed by atoms with Crippen LogP contribution in [-0.2, 0) is 10.0 Å². The molecule has 0 saturated carbocycles. The maximum absolute atomic E-state index is 13.3. The SMILES string of the molecule is CN(C)S(=O)(=O)c1cc(C(=O)O)cc(F)c1F. The normalized spacial score (nSPS) is 11.8. The summed E-state index contributed by atoms with van der Waals surface area (Å²) < 4.78 is 50.3. The highest BCUT2D eigenvalue weighted by atomic mass is 32.2.